The Labute approximate surface area is 180 Å². The van der Waals surface area contributed by atoms with Gasteiger partial charge in [-0.1, -0.05) is 42.5 Å². The lowest BCUT2D eigenvalue weighted by atomic mass is 10.1. The number of nitro groups is 1. The molecule has 2 heterocycles. The van der Waals surface area contributed by atoms with Crippen LogP contribution in [0.3, 0.4) is 0 Å². The fraction of sp³-hybridized carbons (Fsp3) is 0.0952. The standard InChI is InChI=1S/C21H16N4O3S2/c1-12-8-9-15(10-17(12)25(27)28)16-11-29-21(23-16)24-20(26)19-18(22-13(2)30-19)14-6-4-3-5-7-14/h3-11H,1-2H3,(H,23,24,26). The smallest absolute Gasteiger partial charge is 0.272 e. The van der Waals surface area contributed by atoms with Gasteiger partial charge >= 0.3 is 0 Å². The molecule has 4 aromatic rings. The normalized spacial score (nSPS) is 10.7. The number of carbonyl (C=O) groups excluding carboxylic acids is 1. The highest BCUT2D eigenvalue weighted by atomic mass is 32.1. The molecular weight excluding hydrogens is 420 g/mol. The van der Waals surface area contributed by atoms with E-state index in [4.69, 9.17) is 0 Å². The molecule has 0 saturated heterocycles. The fourth-order valence-corrected chi connectivity index (χ4v) is 4.51. The SMILES string of the molecule is Cc1nc(-c2ccccc2)c(C(=O)Nc2nc(-c3ccc(C)c([N+](=O)[O-])c3)cs2)s1. The van der Waals surface area contributed by atoms with Crippen molar-refractivity contribution < 1.29 is 9.72 Å². The van der Waals surface area contributed by atoms with Crippen LogP contribution in [0.5, 0.6) is 0 Å². The van der Waals surface area contributed by atoms with Gasteiger partial charge in [-0.15, -0.1) is 22.7 Å². The van der Waals surface area contributed by atoms with Gasteiger partial charge < -0.3 is 0 Å². The third-order valence-corrected chi connectivity index (χ3v) is 6.14. The molecule has 1 N–H and O–H groups in total. The molecule has 0 aliphatic carbocycles. The number of thiazole rings is 2. The van der Waals surface area contributed by atoms with Crippen molar-refractivity contribution in [2.45, 2.75) is 13.8 Å². The lowest BCUT2D eigenvalue weighted by Gasteiger charge is -2.03. The van der Waals surface area contributed by atoms with Crippen LogP contribution in [-0.2, 0) is 0 Å². The number of nitro benzene ring substituents is 1. The van der Waals surface area contributed by atoms with Crippen LogP contribution in [0.2, 0.25) is 0 Å². The third-order valence-electron chi connectivity index (χ3n) is 4.41. The molecule has 0 saturated carbocycles. The van der Waals surface area contributed by atoms with Crippen molar-refractivity contribution in [2.75, 3.05) is 5.32 Å². The zero-order valence-electron chi connectivity index (χ0n) is 16.1. The second kappa shape index (κ2) is 8.13. The van der Waals surface area contributed by atoms with Gasteiger partial charge in [0.25, 0.3) is 11.6 Å². The fourth-order valence-electron chi connectivity index (χ4n) is 2.96. The van der Waals surface area contributed by atoms with Crippen LogP contribution in [0.1, 0.15) is 20.2 Å². The zero-order valence-corrected chi connectivity index (χ0v) is 17.7. The maximum absolute atomic E-state index is 12.9. The topological polar surface area (TPSA) is 98.0 Å². The molecule has 2 aromatic carbocycles. The van der Waals surface area contributed by atoms with Crippen LogP contribution < -0.4 is 5.32 Å². The molecule has 9 heteroatoms. The lowest BCUT2D eigenvalue weighted by Crippen LogP contribution is -2.11. The number of aryl methyl sites for hydroxylation is 2. The maximum Gasteiger partial charge on any atom is 0.272 e. The maximum atomic E-state index is 12.9. The van der Waals surface area contributed by atoms with Gasteiger partial charge in [-0.2, -0.15) is 0 Å². The van der Waals surface area contributed by atoms with Gasteiger partial charge in [0, 0.05) is 28.1 Å². The summed E-state index contributed by atoms with van der Waals surface area (Å²) in [6.07, 6.45) is 0. The minimum Gasteiger partial charge on any atom is -0.297 e. The second-order valence-electron chi connectivity index (χ2n) is 6.53. The summed E-state index contributed by atoms with van der Waals surface area (Å²) in [5.41, 5.74) is 3.34. The Morgan fingerprint density at radius 3 is 2.57 bits per heavy atom. The van der Waals surface area contributed by atoms with Crippen molar-refractivity contribution in [2.24, 2.45) is 0 Å². The number of aromatic nitrogens is 2. The summed E-state index contributed by atoms with van der Waals surface area (Å²) < 4.78 is 0. The van der Waals surface area contributed by atoms with E-state index in [1.807, 2.05) is 37.3 Å². The summed E-state index contributed by atoms with van der Waals surface area (Å²) in [5.74, 6) is -0.282. The molecule has 0 aliphatic heterocycles. The quantitative estimate of drug-likeness (QED) is 0.319. The summed E-state index contributed by atoms with van der Waals surface area (Å²) in [5, 5.41) is 17.0. The number of hydrogen-bond acceptors (Lipinski definition) is 7. The van der Waals surface area contributed by atoms with E-state index in [-0.39, 0.29) is 11.6 Å². The summed E-state index contributed by atoms with van der Waals surface area (Å²) in [7, 11) is 0. The van der Waals surface area contributed by atoms with Crippen LogP contribution in [0.4, 0.5) is 10.8 Å². The molecule has 0 fully saturated rings. The van der Waals surface area contributed by atoms with Crippen molar-refractivity contribution in [3.8, 4) is 22.5 Å². The van der Waals surface area contributed by atoms with E-state index < -0.39 is 4.92 Å². The Bertz CT molecular complexity index is 1250. The highest BCUT2D eigenvalue weighted by molar-refractivity contribution is 7.15. The average Bonchev–Trinajstić information content (AvgIpc) is 3.35. The first kappa shape index (κ1) is 19.9. The largest absolute Gasteiger partial charge is 0.297 e. The highest BCUT2D eigenvalue weighted by Crippen LogP contribution is 2.31. The van der Waals surface area contributed by atoms with E-state index in [9.17, 15) is 14.9 Å². The van der Waals surface area contributed by atoms with Crippen LogP contribution in [0.15, 0.2) is 53.9 Å². The number of benzene rings is 2. The van der Waals surface area contributed by atoms with E-state index in [0.29, 0.717) is 32.5 Å². The molecule has 0 atom stereocenters. The van der Waals surface area contributed by atoms with E-state index in [2.05, 4.69) is 15.3 Å². The predicted molar refractivity (Wildman–Crippen MR) is 119 cm³/mol. The third kappa shape index (κ3) is 3.98. The number of hydrogen-bond donors (Lipinski definition) is 1. The summed E-state index contributed by atoms with van der Waals surface area (Å²) >= 11 is 2.59. The molecule has 150 valence electrons. The molecule has 7 nitrogen and oxygen atoms in total. The molecule has 0 unspecified atom stereocenters. The van der Waals surface area contributed by atoms with Crippen LogP contribution in [-0.4, -0.2) is 20.8 Å². The van der Waals surface area contributed by atoms with E-state index >= 15 is 0 Å². The number of nitrogens with one attached hydrogen (secondary N) is 1. The second-order valence-corrected chi connectivity index (χ2v) is 8.59. The van der Waals surface area contributed by atoms with Crippen molar-refractivity contribution in [1.82, 2.24) is 9.97 Å². The Hall–Kier alpha value is -3.43. The van der Waals surface area contributed by atoms with Gasteiger partial charge in [0.1, 0.15) is 4.88 Å². The molecule has 30 heavy (non-hydrogen) atoms. The van der Waals surface area contributed by atoms with Crippen LogP contribution in [0.25, 0.3) is 22.5 Å². The Balaban J connectivity index is 1.59. The summed E-state index contributed by atoms with van der Waals surface area (Å²) in [6, 6.07) is 14.5. The molecule has 0 aliphatic rings. The van der Waals surface area contributed by atoms with Crippen LogP contribution >= 0.6 is 22.7 Å². The monoisotopic (exact) mass is 436 g/mol. The van der Waals surface area contributed by atoms with Crippen molar-refractivity contribution in [3.63, 3.8) is 0 Å². The first-order valence-corrected chi connectivity index (χ1v) is 10.7. The van der Waals surface area contributed by atoms with Gasteiger partial charge in [0.2, 0.25) is 0 Å². The van der Waals surface area contributed by atoms with Crippen LogP contribution in [0, 0.1) is 24.0 Å². The molecule has 0 bridgehead atoms. The van der Waals surface area contributed by atoms with Crippen molar-refractivity contribution in [3.05, 3.63) is 79.5 Å². The predicted octanol–water partition coefficient (Wildman–Crippen LogP) is 5.71. The minimum atomic E-state index is -0.412. The number of nitrogens with zero attached hydrogens (tertiary/aromatic N) is 3. The molecule has 1 amide bonds. The molecule has 0 spiro atoms. The first-order chi connectivity index (χ1) is 14.4. The van der Waals surface area contributed by atoms with E-state index in [1.54, 1.807) is 24.4 Å². The molecular formula is C21H16N4O3S2. The number of carbonyl (C=O) groups is 1. The van der Waals surface area contributed by atoms with Crippen molar-refractivity contribution >= 4 is 39.4 Å². The number of rotatable bonds is 5. The molecule has 0 radical (unpaired) electrons. The lowest BCUT2D eigenvalue weighted by molar-refractivity contribution is -0.385. The van der Waals surface area contributed by atoms with E-state index in [1.165, 1.54) is 28.7 Å². The Kier molecular flexibility index (Phi) is 5.39. The van der Waals surface area contributed by atoms with Gasteiger partial charge in [-0.3, -0.25) is 20.2 Å². The Morgan fingerprint density at radius 2 is 1.83 bits per heavy atom. The van der Waals surface area contributed by atoms with Crippen molar-refractivity contribution in [1.29, 1.82) is 0 Å². The Morgan fingerprint density at radius 1 is 1.07 bits per heavy atom. The average molecular weight is 437 g/mol. The molecule has 4 rings (SSSR count). The highest BCUT2D eigenvalue weighted by Gasteiger charge is 2.20. The first-order valence-electron chi connectivity index (χ1n) is 8.97. The van der Waals surface area contributed by atoms with Gasteiger partial charge in [0.05, 0.1) is 21.3 Å². The minimum absolute atomic E-state index is 0.0405. The zero-order chi connectivity index (χ0) is 21.3. The number of amides is 1. The van der Waals surface area contributed by atoms with E-state index in [0.717, 1.165) is 10.6 Å². The molecule has 2 aromatic heterocycles. The number of anilines is 1. The van der Waals surface area contributed by atoms with Gasteiger partial charge in [-0.25, -0.2) is 9.97 Å². The van der Waals surface area contributed by atoms with Gasteiger partial charge in [-0.05, 0) is 13.8 Å². The summed E-state index contributed by atoms with van der Waals surface area (Å²) in [4.78, 5) is 33.1. The summed E-state index contributed by atoms with van der Waals surface area (Å²) in [6.45, 7) is 3.55. The van der Waals surface area contributed by atoms with Gasteiger partial charge in [0.15, 0.2) is 5.13 Å².